The smallest absolute Gasteiger partial charge is 0.129 e. The summed E-state index contributed by atoms with van der Waals surface area (Å²) in [6.45, 7) is 0. The van der Waals surface area contributed by atoms with Gasteiger partial charge in [0.25, 0.3) is 0 Å². The zero-order valence-electron chi connectivity index (χ0n) is 11.1. The highest BCUT2D eigenvalue weighted by Gasteiger charge is 2.22. The van der Waals surface area contributed by atoms with Gasteiger partial charge in [-0.25, -0.2) is 8.78 Å². The summed E-state index contributed by atoms with van der Waals surface area (Å²) in [6, 6.07) is 8.40. The summed E-state index contributed by atoms with van der Waals surface area (Å²) in [5, 5.41) is 3.00. The number of methoxy groups -OCH3 is 1. The number of nitrogens with one attached hydrogen (secondary N) is 1. The molecule has 2 aromatic rings. The SMILES string of the molecule is CNC(c1cc(F)ccc1OC)c1c(F)cccc1Br. The Morgan fingerprint density at radius 1 is 1.20 bits per heavy atom. The molecule has 0 aromatic heterocycles. The first-order valence-corrected chi connectivity index (χ1v) is 6.82. The van der Waals surface area contributed by atoms with Crippen molar-refractivity contribution in [3.63, 3.8) is 0 Å². The Kier molecular flexibility index (Phi) is 4.73. The van der Waals surface area contributed by atoms with E-state index < -0.39 is 11.9 Å². The van der Waals surface area contributed by atoms with E-state index in [1.165, 1.54) is 31.4 Å². The minimum atomic E-state index is -0.517. The van der Waals surface area contributed by atoms with Crippen molar-refractivity contribution >= 4 is 15.9 Å². The molecule has 2 rings (SSSR count). The summed E-state index contributed by atoms with van der Waals surface area (Å²) >= 11 is 3.34. The van der Waals surface area contributed by atoms with Crippen molar-refractivity contribution < 1.29 is 13.5 Å². The molecular weight excluding hydrogens is 328 g/mol. The maximum absolute atomic E-state index is 14.1. The molecule has 0 radical (unpaired) electrons. The van der Waals surface area contributed by atoms with Gasteiger partial charge in [-0.15, -0.1) is 0 Å². The number of halogens is 3. The maximum Gasteiger partial charge on any atom is 0.129 e. The van der Waals surface area contributed by atoms with Crippen LogP contribution < -0.4 is 10.1 Å². The zero-order chi connectivity index (χ0) is 14.7. The average Bonchev–Trinajstić information content (AvgIpc) is 2.43. The molecule has 1 unspecified atom stereocenters. The normalized spacial score (nSPS) is 12.2. The van der Waals surface area contributed by atoms with Gasteiger partial charge in [-0.05, 0) is 37.4 Å². The van der Waals surface area contributed by atoms with Crippen molar-refractivity contribution in [2.24, 2.45) is 0 Å². The molecule has 0 aliphatic carbocycles. The number of hydrogen-bond donors (Lipinski definition) is 1. The summed E-state index contributed by atoms with van der Waals surface area (Å²) in [6.07, 6.45) is 0. The van der Waals surface area contributed by atoms with Crippen molar-refractivity contribution in [3.05, 3.63) is 63.6 Å². The molecule has 2 nitrogen and oxygen atoms in total. The van der Waals surface area contributed by atoms with Gasteiger partial charge >= 0.3 is 0 Å². The van der Waals surface area contributed by atoms with Gasteiger partial charge in [0.2, 0.25) is 0 Å². The van der Waals surface area contributed by atoms with E-state index >= 15 is 0 Å². The number of ether oxygens (including phenoxy) is 1. The van der Waals surface area contributed by atoms with Gasteiger partial charge in [0, 0.05) is 15.6 Å². The first-order valence-electron chi connectivity index (χ1n) is 6.03. The van der Waals surface area contributed by atoms with Crippen LogP contribution in [0.3, 0.4) is 0 Å². The van der Waals surface area contributed by atoms with Crippen LogP contribution in [0.25, 0.3) is 0 Å². The lowest BCUT2D eigenvalue weighted by atomic mass is 9.97. The third-order valence-electron chi connectivity index (χ3n) is 3.08. The van der Waals surface area contributed by atoms with Gasteiger partial charge in [-0.3, -0.25) is 0 Å². The number of benzene rings is 2. The van der Waals surface area contributed by atoms with Crippen molar-refractivity contribution in [2.75, 3.05) is 14.2 Å². The monoisotopic (exact) mass is 341 g/mol. The summed E-state index contributed by atoms with van der Waals surface area (Å²) < 4.78 is 33.5. The van der Waals surface area contributed by atoms with Crippen LogP contribution in [-0.2, 0) is 0 Å². The summed E-state index contributed by atoms with van der Waals surface area (Å²) in [7, 11) is 3.19. The van der Waals surface area contributed by atoms with Crippen LogP contribution in [0.15, 0.2) is 40.9 Å². The second kappa shape index (κ2) is 6.33. The van der Waals surface area contributed by atoms with E-state index in [-0.39, 0.29) is 5.82 Å². The molecule has 0 saturated carbocycles. The molecule has 5 heteroatoms. The minimum absolute atomic E-state index is 0.370. The van der Waals surface area contributed by atoms with Gasteiger partial charge < -0.3 is 10.1 Å². The molecule has 0 aliphatic rings. The van der Waals surface area contributed by atoms with Gasteiger partial charge in [0.05, 0.1) is 13.2 Å². The van der Waals surface area contributed by atoms with Crippen LogP contribution in [0.5, 0.6) is 5.75 Å². The lowest BCUT2D eigenvalue weighted by Gasteiger charge is -2.21. The molecular formula is C15H14BrF2NO. The van der Waals surface area contributed by atoms with Crippen LogP contribution in [-0.4, -0.2) is 14.2 Å². The van der Waals surface area contributed by atoms with Crippen LogP contribution in [0.2, 0.25) is 0 Å². The summed E-state index contributed by atoms with van der Waals surface area (Å²) in [5.74, 6) is -0.264. The average molecular weight is 342 g/mol. The second-order valence-electron chi connectivity index (χ2n) is 4.24. The fraction of sp³-hybridized carbons (Fsp3) is 0.200. The molecule has 0 amide bonds. The highest BCUT2D eigenvalue weighted by molar-refractivity contribution is 9.10. The molecule has 0 spiro atoms. The molecule has 20 heavy (non-hydrogen) atoms. The highest BCUT2D eigenvalue weighted by Crippen LogP contribution is 2.35. The molecule has 0 bridgehead atoms. The molecule has 1 N–H and O–H groups in total. The van der Waals surface area contributed by atoms with Crippen LogP contribution >= 0.6 is 15.9 Å². The topological polar surface area (TPSA) is 21.3 Å². The fourth-order valence-corrected chi connectivity index (χ4v) is 2.74. The van der Waals surface area contributed by atoms with Crippen molar-refractivity contribution in [3.8, 4) is 5.75 Å². The Morgan fingerprint density at radius 3 is 2.55 bits per heavy atom. The van der Waals surface area contributed by atoms with Gasteiger partial charge in [-0.2, -0.15) is 0 Å². The lowest BCUT2D eigenvalue weighted by molar-refractivity contribution is 0.403. The van der Waals surface area contributed by atoms with Gasteiger partial charge in [0.1, 0.15) is 17.4 Å². The third-order valence-corrected chi connectivity index (χ3v) is 3.77. The molecule has 0 fully saturated rings. The van der Waals surface area contributed by atoms with Crippen molar-refractivity contribution in [2.45, 2.75) is 6.04 Å². The number of rotatable bonds is 4. The molecule has 0 saturated heterocycles. The number of hydrogen-bond acceptors (Lipinski definition) is 2. The Balaban J connectivity index is 2.61. The van der Waals surface area contributed by atoms with Crippen LogP contribution in [0, 0.1) is 11.6 Å². The van der Waals surface area contributed by atoms with E-state index in [0.717, 1.165) is 0 Å². The summed E-state index contributed by atoms with van der Waals surface area (Å²) in [4.78, 5) is 0. The Labute approximate surface area is 124 Å². The summed E-state index contributed by atoms with van der Waals surface area (Å²) in [5.41, 5.74) is 0.958. The predicted octanol–water partition coefficient (Wildman–Crippen LogP) is 4.04. The Hall–Kier alpha value is -1.46. The maximum atomic E-state index is 14.1. The Morgan fingerprint density at radius 2 is 1.95 bits per heavy atom. The molecule has 0 heterocycles. The van der Waals surface area contributed by atoms with E-state index in [0.29, 0.717) is 21.3 Å². The standard InChI is InChI=1S/C15H14BrF2NO/c1-19-15(14-11(16)4-3-5-12(14)18)10-8-9(17)6-7-13(10)20-2/h3-8,15,19H,1-2H3. The quantitative estimate of drug-likeness (QED) is 0.905. The van der Waals surface area contributed by atoms with Crippen LogP contribution in [0.4, 0.5) is 8.78 Å². The molecule has 106 valence electrons. The Bertz CT molecular complexity index is 599. The highest BCUT2D eigenvalue weighted by atomic mass is 79.9. The lowest BCUT2D eigenvalue weighted by Crippen LogP contribution is -2.20. The first kappa shape index (κ1) is 14.9. The zero-order valence-corrected chi connectivity index (χ0v) is 12.7. The minimum Gasteiger partial charge on any atom is -0.496 e. The van der Waals surface area contributed by atoms with E-state index in [2.05, 4.69) is 21.2 Å². The van der Waals surface area contributed by atoms with Gasteiger partial charge in [0.15, 0.2) is 0 Å². The van der Waals surface area contributed by atoms with Gasteiger partial charge in [-0.1, -0.05) is 22.0 Å². The van der Waals surface area contributed by atoms with Crippen LogP contribution in [0.1, 0.15) is 17.2 Å². The third kappa shape index (κ3) is 2.83. The predicted molar refractivity (Wildman–Crippen MR) is 78.0 cm³/mol. The fourth-order valence-electron chi connectivity index (χ4n) is 2.17. The van der Waals surface area contributed by atoms with E-state index in [1.807, 2.05) is 0 Å². The second-order valence-corrected chi connectivity index (χ2v) is 5.10. The molecule has 1 atom stereocenters. The molecule has 2 aromatic carbocycles. The van der Waals surface area contributed by atoms with Crippen molar-refractivity contribution in [1.29, 1.82) is 0 Å². The first-order chi connectivity index (χ1) is 9.58. The van der Waals surface area contributed by atoms with E-state index in [1.54, 1.807) is 19.2 Å². The van der Waals surface area contributed by atoms with E-state index in [9.17, 15) is 8.78 Å². The van der Waals surface area contributed by atoms with Crippen molar-refractivity contribution in [1.82, 2.24) is 5.32 Å². The largest absolute Gasteiger partial charge is 0.496 e. The van der Waals surface area contributed by atoms with E-state index in [4.69, 9.17) is 4.74 Å². The molecule has 0 aliphatic heterocycles.